The molecule has 2 fully saturated rings. The number of piperazine rings is 1. The van der Waals surface area contributed by atoms with Gasteiger partial charge in [-0.25, -0.2) is 4.98 Å². The normalized spacial score (nSPS) is 21.9. The minimum atomic E-state index is -4.72. The van der Waals surface area contributed by atoms with Gasteiger partial charge in [0.2, 0.25) is 0 Å². The zero-order valence-electron chi connectivity index (χ0n) is 13.0. The van der Waals surface area contributed by atoms with Crippen molar-refractivity contribution in [2.75, 3.05) is 37.7 Å². The molecule has 0 bridgehead atoms. The highest BCUT2D eigenvalue weighted by Gasteiger charge is 2.32. The lowest BCUT2D eigenvalue weighted by atomic mass is 10.2. The number of hydrogen-bond donors (Lipinski definition) is 0. The average molecular weight is 345 g/mol. The maximum Gasteiger partial charge on any atom is 0.573 e. The van der Waals surface area contributed by atoms with Gasteiger partial charge in [0.05, 0.1) is 6.20 Å². The monoisotopic (exact) mass is 345 g/mol. The van der Waals surface area contributed by atoms with Crippen LogP contribution in [0.2, 0.25) is 0 Å². The topological polar surface area (TPSA) is 54.9 Å². The molecule has 6 nitrogen and oxygen atoms in total. The molecule has 2 aliphatic heterocycles. The molecule has 3 heterocycles. The first-order chi connectivity index (χ1) is 11.4. The fourth-order valence-electron chi connectivity index (χ4n) is 2.89. The van der Waals surface area contributed by atoms with Crippen molar-refractivity contribution in [2.45, 2.75) is 25.3 Å². The molecule has 0 aliphatic carbocycles. The van der Waals surface area contributed by atoms with Gasteiger partial charge in [0.15, 0.2) is 0 Å². The predicted molar refractivity (Wildman–Crippen MR) is 78.7 cm³/mol. The van der Waals surface area contributed by atoms with E-state index in [1.54, 1.807) is 4.90 Å². The van der Waals surface area contributed by atoms with Crippen LogP contribution in [-0.4, -0.2) is 61.0 Å². The summed E-state index contributed by atoms with van der Waals surface area (Å²) < 4.78 is 45.6. The van der Waals surface area contributed by atoms with E-state index in [0.717, 1.165) is 19.0 Å². The van der Waals surface area contributed by atoms with Crippen molar-refractivity contribution in [1.82, 2.24) is 9.88 Å². The van der Waals surface area contributed by atoms with Gasteiger partial charge in [-0.05, 0) is 25.0 Å². The lowest BCUT2D eigenvalue weighted by molar-refractivity contribution is -0.274. The summed E-state index contributed by atoms with van der Waals surface area (Å²) in [6.07, 6.45) is -2.33. The Hall–Kier alpha value is -2.03. The molecule has 0 spiro atoms. The Morgan fingerprint density at radius 3 is 2.54 bits per heavy atom. The molecule has 0 aromatic carbocycles. The van der Waals surface area contributed by atoms with E-state index in [1.165, 1.54) is 12.1 Å². The average Bonchev–Trinajstić information content (AvgIpc) is 3.08. The van der Waals surface area contributed by atoms with Crippen molar-refractivity contribution >= 4 is 11.7 Å². The van der Waals surface area contributed by atoms with Crippen LogP contribution in [0.5, 0.6) is 5.75 Å². The molecule has 1 unspecified atom stereocenters. The van der Waals surface area contributed by atoms with Gasteiger partial charge in [-0.2, -0.15) is 0 Å². The minimum Gasteiger partial charge on any atom is -0.404 e. The maximum atomic E-state index is 12.3. The number of aromatic nitrogens is 1. The number of carbonyl (C=O) groups is 1. The molecule has 2 saturated heterocycles. The zero-order valence-corrected chi connectivity index (χ0v) is 13.0. The molecular formula is C15H18F3N3O3. The number of halogens is 3. The summed E-state index contributed by atoms with van der Waals surface area (Å²) in [6.45, 7) is 2.87. The first kappa shape index (κ1) is 16.8. The van der Waals surface area contributed by atoms with E-state index in [4.69, 9.17) is 4.74 Å². The number of pyridine rings is 1. The van der Waals surface area contributed by atoms with E-state index in [2.05, 4.69) is 9.72 Å². The maximum absolute atomic E-state index is 12.3. The van der Waals surface area contributed by atoms with Gasteiger partial charge in [-0.15, -0.1) is 13.2 Å². The number of alkyl halides is 3. The zero-order chi connectivity index (χ0) is 17.2. The van der Waals surface area contributed by atoms with Crippen molar-refractivity contribution in [3.8, 4) is 5.75 Å². The summed E-state index contributed by atoms with van der Waals surface area (Å²) in [4.78, 5) is 20.0. The Morgan fingerprint density at radius 2 is 2.00 bits per heavy atom. The van der Waals surface area contributed by atoms with E-state index in [9.17, 15) is 18.0 Å². The molecular weight excluding hydrogens is 327 g/mol. The van der Waals surface area contributed by atoms with Gasteiger partial charge < -0.3 is 19.3 Å². The van der Waals surface area contributed by atoms with Crippen LogP contribution in [0, 0.1) is 0 Å². The van der Waals surface area contributed by atoms with Gasteiger partial charge in [-0.1, -0.05) is 0 Å². The van der Waals surface area contributed by atoms with Crippen molar-refractivity contribution in [3.05, 3.63) is 18.3 Å². The van der Waals surface area contributed by atoms with Crippen LogP contribution in [0.25, 0.3) is 0 Å². The Bertz CT molecular complexity index is 566. The molecule has 9 heteroatoms. The molecule has 1 aromatic heterocycles. The van der Waals surface area contributed by atoms with Gasteiger partial charge >= 0.3 is 6.36 Å². The van der Waals surface area contributed by atoms with E-state index in [1.807, 2.05) is 4.90 Å². The van der Waals surface area contributed by atoms with E-state index >= 15 is 0 Å². The second kappa shape index (κ2) is 6.84. The van der Waals surface area contributed by atoms with Crippen LogP contribution in [0.15, 0.2) is 18.3 Å². The molecule has 132 valence electrons. The van der Waals surface area contributed by atoms with Crippen molar-refractivity contribution < 1.29 is 27.4 Å². The molecule has 1 aromatic rings. The molecule has 1 atom stereocenters. The number of carbonyl (C=O) groups excluding carboxylic acids is 1. The highest BCUT2D eigenvalue weighted by Crippen LogP contribution is 2.24. The van der Waals surface area contributed by atoms with Gasteiger partial charge in [-0.3, -0.25) is 4.79 Å². The van der Waals surface area contributed by atoms with E-state index < -0.39 is 6.36 Å². The Kier molecular flexibility index (Phi) is 4.79. The highest BCUT2D eigenvalue weighted by molar-refractivity contribution is 5.81. The van der Waals surface area contributed by atoms with Crippen LogP contribution in [0.4, 0.5) is 19.0 Å². The quantitative estimate of drug-likeness (QED) is 0.836. The minimum absolute atomic E-state index is 0.0223. The fraction of sp³-hybridized carbons (Fsp3) is 0.600. The van der Waals surface area contributed by atoms with E-state index in [0.29, 0.717) is 38.6 Å². The van der Waals surface area contributed by atoms with Crippen molar-refractivity contribution in [2.24, 2.45) is 0 Å². The number of amides is 1. The summed E-state index contributed by atoms with van der Waals surface area (Å²) >= 11 is 0. The van der Waals surface area contributed by atoms with Crippen LogP contribution in [0.3, 0.4) is 0 Å². The Morgan fingerprint density at radius 1 is 1.25 bits per heavy atom. The van der Waals surface area contributed by atoms with Crippen LogP contribution in [0.1, 0.15) is 12.8 Å². The molecule has 2 aliphatic rings. The lowest BCUT2D eigenvalue weighted by Gasteiger charge is -2.36. The molecule has 0 N–H and O–H groups in total. The summed E-state index contributed by atoms with van der Waals surface area (Å²) in [5.74, 6) is 0.237. The number of anilines is 1. The van der Waals surface area contributed by atoms with Gasteiger partial charge in [0, 0.05) is 32.8 Å². The van der Waals surface area contributed by atoms with Gasteiger partial charge in [0.25, 0.3) is 5.91 Å². The number of ether oxygens (including phenoxy) is 2. The third-order valence-corrected chi connectivity index (χ3v) is 4.07. The largest absolute Gasteiger partial charge is 0.573 e. The first-order valence-electron chi connectivity index (χ1n) is 7.79. The summed E-state index contributed by atoms with van der Waals surface area (Å²) in [7, 11) is 0. The molecule has 3 rings (SSSR count). The molecule has 0 radical (unpaired) electrons. The van der Waals surface area contributed by atoms with Gasteiger partial charge in [0.1, 0.15) is 17.7 Å². The summed E-state index contributed by atoms with van der Waals surface area (Å²) in [6, 6.07) is 2.72. The first-order valence-corrected chi connectivity index (χ1v) is 7.79. The fourth-order valence-corrected chi connectivity index (χ4v) is 2.89. The predicted octanol–water partition coefficient (Wildman–Crippen LogP) is 1.81. The highest BCUT2D eigenvalue weighted by atomic mass is 19.4. The summed E-state index contributed by atoms with van der Waals surface area (Å²) in [5.41, 5.74) is 0. The Labute approximate surface area is 137 Å². The van der Waals surface area contributed by atoms with Crippen LogP contribution in [-0.2, 0) is 9.53 Å². The van der Waals surface area contributed by atoms with Crippen LogP contribution >= 0.6 is 0 Å². The third kappa shape index (κ3) is 4.08. The molecule has 24 heavy (non-hydrogen) atoms. The van der Waals surface area contributed by atoms with Crippen molar-refractivity contribution in [3.63, 3.8) is 0 Å². The summed E-state index contributed by atoms with van der Waals surface area (Å²) in [5, 5.41) is 0. The SMILES string of the molecule is O=C(C1CCCO1)N1CCN(c2ccc(OC(F)(F)F)cn2)CC1. The smallest absolute Gasteiger partial charge is 0.404 e. The number of rotatable bonds is 3. The second-order valence-corrected chi connectivity index (χ2v) is 5.71. The number of hydrogen-bond acceptors (Lipinski definition) is 5. The standard InChI is InChI=1S/C15H18F3N3O3/c16-15(17,18)24-11-3-4-13(19-10-11)20-5-7-21(8-6-20)14(22)12-2-1-9-23-12/h3-4,10,12H,1-2,5-9H2. The second-order valence-electron chi connectivity index (χ2n) is 5.71. The molecule has 1 amide bonds. The number of nitrogens with zero attached hydrogens (tertiary/aromatic N) is 3. The third-order valence-electron chi connectivity index (χ3n) is 4.07. The molecule has 0 saturated carbocycles. The van der Waals surface area contributed by atoms with Crippen LogP contribution < -0.4 is 9.64 Å². The Balaban J connectivity index is 1.53. The lowest BCUT2D eigenvalue weighted by Crippen LogP contribution is -2.51. The van der Waals surface area contributed by atoms with E-state index in [-0.39, 0.29) is 17.8 Å². The van der Waals surface area contributed by atoms with Crippen molar-refractivity contribution in [1.29, 1.82) is 0 Å².